The van der Waals surface area contributed by atoms with Crippen LogP contribution in [-0.2, 0) is 16.1 Å². The maximum absolute atomic E-state index is 12.9. The second-order valence-corrected chi connectivity index (χ2v) is 5.75. The molecule has 0 unspecified atom stereocenters. The van der Waals surface area contributed by atoms with E-state index in [4.69, 9.17) is 4.74 Å². The van der Waals surface area contributed by atoms with E-state index in [1.54, 1.807) is 14.1 Å². The highest BCUT2D eigenvalue weighted by Gasteiger charge is 2.27. The van der Waals surface area contributed by atoms with Gasteiger partial charge in [0.05, 0.1) is 17.0 Å². The molecule has 2 aromatic carbocycles. The van der Waals surface area contributed by atoms with E-state index in [1.165, 1.54) is 0 Å². The largest absolute Gasteiger partial charge is 0.457 e. The number of fused-ring (bicyclic) bond motifs is 1. The Bertz CT molecular complexity index is 986. The number of aliphatic imine (C=N–C) groups is 2. The number of ether oxygens (including phenoxy) is 1. The van der Waals surface area contributed by atoms with Gasteiger partial charge in [-0.05, 0) is 28.5 Å². The summed E-state index contributed by atoms with van der Waals surface area (Å²) < 4.78 is 5.56. The zero-order chi connectivity index (χ0) is 17.8. The number of nitrogens with zero attached hydrogens (tertiary/aromatic N) is 2. The van der Waals surface area contributed by atoms with Crippen LogP contribution in [0.3, 0.4) is 0 Å². The Balaban J connectivity index is 2.09. The van der Waals surface area contributed by atoms with Crippen LogP contribution in [0.15, 0.2) is 64.6 Å². The van der Waals surface area contributed by atoms with Crippen LogP contribution in [0.25, 0.3) is 11.1 Å². The summed E-state index contributed by atoms with van der Waals surface area (Å²) in [6.07, 6.45) is 0. The van der Waals surface area contributed by atoms with Crippen LogP contribution in [-0.4, -0.2) is 31.5 Å². The van der Waals surface area contributed by atoms with Gasteiger partial charge in [0, 0.05) is 14.1 Å². The molecule has 0 N–H and O–H groups in total. The Morgan fingerprint density at radius 3 is 2.12 bits per heavy atom. The molecule has 0 aromatic heterocycles. The van der Waals surface area contributed by atoms with Crippen molar-refractivity contribution in [2.24, 2.45) is 9.98 Å². The lowest BCUT2D eigenvalue weighted by atomic mass is 9.90. The van der Waals surface area contributed by atoms with Crippen molar-refractivity contribution in [1.29, 1.82) is 0 Å². The summed E-state index contributed by atoms with van der Waals surface area (Å²) in [5.74, 6) is -0.384. The lowest BCUT2D eigenvalue weighted by molar-refractivity contribution is -0.137. The van der Waals surface area contributed by atoms with Crippen molar-refractivity contribution in [1.82, 2.24) is 0 Å². The molecule has 3 rings (SSSR count). The van der Waals surface area contributed by atoms with Crippen molar-refractivity contribution in [2.45, 2.75) is 13.5 Å². The smallest absolute Gasteiger partial charge is 0.341 e. The summed E-state index contributed by atoms with van der Waals surface area (Å²) in [7, 11) is 3.39. The molecule has 1 aliphatic rings. The molecule has 25 heavy (non-hydrogen) atoms. The Morgan fingerprint density at radius 1 is 0.880 bits per heavy atom. The first-order valence-electron chi connectivity index (χ1n) is 8.13. The van der Waals surface area contributed by atoms with Crippen molar-refractivity contribution in [3.8, 4) is 0 Å². The Morgan fingerprint density at radius 2 is 1.48 bits per heavy atom. The van der Waals surface area contributed by atoms with Gasteiger partial charge in [-0.15, -0.1) is 0 Å². The molecule has 4 nitrogen and oxygen atoms in total. The first-order valence-corrected chi connectivity index (χ1v) is 8.13. The Kier molecular flexibility index (Phi) is 4.89. The average Bonchev–Trinajstić information content (AvgIpc) is 2.66. The summed E-state index contributed by atoms with van der Waals surface area (Å²) in [6.45, 7) is 2.22. The molecule has 0 saturated carbocycles. The van der Waals surface area contributed by atoms with E-state index in [9.17, 15) is 4.79 Å². The second kappa shape index (κ2) is 7.26. The molecule has 0 saturated heterocycles. The van der Waals surface area contributed by atoms with Gasteiger partial charge in [0.1, 0.15) is 6.61 Å². The molecular formula is C21H20N2O2. The average molecular weight is 332 g/mol. The molecule has 0 bridgehead atoms. The van der Waals surface area contributed by atoms with Crippen molar-refractivity contribution in [2.75, 3.05) is 14.1 Å². The molecular weight excluding hydrogens is 312 g/mol. The molecule has 0 atom stereocenters. The first-order chi connectivity index (χ1) is 12.2. The van der Waals surface area contributed by atoms with Gasteiger partial charge in [-0.1, -0.05) is 54.6 Å². The van der Waals surface area contributed by atoms with Crippen molar-refractivity contribution >= 4 is 28.5 Å². The van der Waals surface area contributed by atoms with Crippen LogP contribution >= 0.6 is 0 Å². The highest BCUT2D eigenvalue weighted by molar-refractivity contribution is 6.72. The number of benzene rings is 2. The number of carbonyl (C=O) groups is 1. The first kappa shape index (κ1) is 16.8. The summed E-state index contributed by atoms with van der Waals surface area (Å²) in [4.78, 5) is 21.6. The molecule has 0 spiro atoms. The molecule has 126 valence electrons. The van der Waals surface area contributed by atoms with Gasteiger partial charge in [-0.25, -0.2) is 4.79 Å². The standard InChI is InChI=1S/C21H20N2O2/c1-14-16-11-7-8-12-17(16)18(20(23-3)19(14)22-2)21(24)25-13-15-9-5-4-6-10-15/h4-12H,13H2,1-3H3/b22-19-,23-20-. The van der Waals surface area contributed by atoms with Crippen molar-refractivity contribution in [3.05, 3.63) is 70.6 Å². The normalized spacial score (nSPS) is 16.9. The monoisotopic (exact) mass is 332 g/mol. The Labute approximate surface area is 146 Å². The summed E-state index contributed by atoms with van der Waals surface area (Å²) in [6, 6.07) is 17.4. The number of esters is 1. The van der Waals surface area contributed by atoms with Crippen LogP contribution in [0.1, 0.15) is 12.5 Å². The third kappa shape index (κ3) is 3.15. The summed E-state index contributed by atoms with van der Waals surface area (Å²) >= 11 is 0. The summed E-state index contributed by atoms with van der Waals surface area (Å²) in [5, 5.41) is 1.83. The predicted molar refractivity (Wildman–Crippen MR) is 101 cm³/mol. The predicted octanol–water partition coefficient (Wildman–Crippen LogP) is 1.91. The third-order valence-corrected chi connectivity index (χ3v) is 4.28. The number of hydrogen-bond acceptors (Lipinski definition) is 4. The highest BCUT2D eigenvalue weighted by Crippen LogP contribution is 2.13. The highest BCUT2D eigenvalue weighted by atomic mass is 16.5. The van der Waals surface area contributed by atoms with Gasteiger partial charge in [0.15, 0.2) is 0 Å². The molecule has 1 aliphatic carbocycles. The fourth-order valence-corrected chi connectivity index (χ4v) is 3.07. The van der Waals surface area contributed by atoms with Crippen molar-refractivity contribution in [3.63, 3.8) is 0 Å². The van der Waals surface area contributed by atoms with Crippen LogP contribution in [0.2, 0.25) is 0 Å². The number of carbonyl (C=O) groups excluding carboxylic acids is 1. The minimum atomic E-state index is -0.384. The molecule has 0 radical (unpaired) electrons. The van der Waals surface area contributed by atoms with E-state index in [-0.39, 0.29) is 12.6 Å². The lowest BCUT2D eigenvalue weighted by Crippen LogP contribution is -2.42. The van der Waals surface area contributed by atoms with E-state index in [1.807, 2.05) is 61.5 Å². The zero-order valence-corrected chi connectivity index (χ0v) is 14.6. The van der Waals surface area contributed by atoms with Crippen LogP contribution in [0, 0.1) is 0 Å². The van der Waals surface area contributed by atoms with Gasteiger partial charge in [0.25, 0.3) is 0 Å². The molecule has 0 amide bonds. The van der Waals surface area contributed by atoms with E-state index in [0.29, 0.717) is 11.3 Å². The topological polar surface area (TPSA) is 51.0 Å². The van der Waals surface area contributed by atoms with Crippen LogP contribution in [0.5, 0.6) is 0 Å². The molecule has 0 fully saturated rings. The van der Waals surface area contributed by atoms with Gasteiger partial charge in [-0.2, -0.15) is 0 Å². The van der Waals surface area contributed by atoms with Crippen LogP contribution < -0.4 is 10.4 Å². The minimum absolute atomic E-state index is 0.226. The fraction of sp³-hybridized carbons (Fsp3) is 0.190. The van der Waals surface area contributed by atoms with E-state index in [2.05, 4.69) is 9.98 Å². The summed E-state index contributed by atoms with van der Waals surface area (Å²) in [5.41, 5.74) is 3.74. The van der Waals surface area contributed by atoms with E-state index < -0.39 is 0 Å². The van der Waals surface area contributed by atoms with Crippen LogP contribution in [0.4, 0.5) is 0 Å². The molecule has 4 heteroatoms. The van der Waals surface area contributed by atoms with Gasteiger partial charge < -0.3 is 4.74 Å². The van der Waals surface area contributed by atoms with Crippen molar-refractivity contribution < 1.29 is 9.53 Å². The molecule has 0 aliphatic heterocycles. The molecule has 2 aromatic rings. The number of rotatable bonds is 3. The maximum Gasteiger partial charge on any atom is 0.341 e. The van der Waals surface area contributed by atoms with Gasteiger partial charge in [-0.3, -0.25) is 9.98 Å². The maximum atomic E-state index is 12.9. The SMILES string of the molecule is C/N=C1/C(C)=c2ccccc2=C(C(=O)OCc2ccccc2)/C1=N/C. The molecule has 0 heterocycles. The van der Waals surface area contributed by atoms with Gasteiger partial charge in [0.2, 0.25) is 0 Å². The van der Waals surface area contributed by atoms with E-state index >= 15 is 0 Å². The van der Waals surface area contributed by atoms with Gasteiger partial charge >= 0.3 is 5.97 Å². The second-order valence-electron chi connectivity index (χ2n) is 5.75. The third-order valence-electron chi connectivity index (χ3n) is 4.28. The minimum Gasteiger partial charge on any atom is -0.457 e. The Hall–Kier alpha value is -3.01. The quantitative estimate of drug-likeness (QED) is 0.806. The zero-order valence-electron chi connectivity index (χ0n) is 14.6. The fourth-order valence-electron chi connectivity index (χ4n) is 3.07. The number of hydrogen-bond donors (Lipinski definition) is 0. The van der Waals surface area contributed by atoms with E-state index in [0.717, 1.165) is 27.3 Å². The lowest BCUT2D eigenvalue weighted by Gasteiger charge is -2.18.